The molecule has 0 aliphatic carbocycles. The maximum absolute atomic E-state index is 12.5. The summed E-state index contributed by atoms with van der Waals surface area (Å²) in [6, 6.07) is 1.67. The number of nitrogens with zero attached hydrogens (tertiary/aromatic N) is 3. The quantitative estimate of drug-likeness (QED) is 0.905. The van der Waals surface area contributed by atoms with Crippen molar-refractivity contribution in [2.75, 3.05) is 18.9 Å². The molecule has 0 spiro atoms. The lowest BCUT2D eigenvalue weighted by Gasteiger charge is -2.35. The Morgan fingerprint density at radius 2 is 2.04 bits per heavy atom. The van der Waals surface area contributed by atoms with Gasteiger partial charge in [0.2, 0.25) is 5.91 Å². The van der Waals surface area contributed by atoms with Gasteiger partial charge in [-0.25, -0.2) is 4.79 Å². The van der Waals surface area contributed by atoms with Gasteiger partial charge < -0.3 is 10.1 Å². The van der Waals surface area contributed by atoms with E-state index >= 15 is 0 Å². The van der Waals surface area contributed by atoms with Crippen molar-refractivity contribution in [1.29, 1.82) is 0 Å². The van der Waals surface area contributed by atoms with Gasteiger partial charge in [-0.05, 0) is 40.0 Å². The number of anilines is 1. The number of rotatable bonds is 2. The van der Waals surface area contributed by atoms with Crippen molar-refractivity contribution < 1.29 is 14.3 Å². The highest BCUT2D eigenvalue weighted by Crippen LogP contribution is 2.32. The monoisotopic (exact) mass is 322 g/mol. The molecule has 0 aromatic carbocycles. The van der Waals surface area contributed by atoms with E-state index in [2.05, 4.69) is 10.4 Å². The molecule has 1 aliphatic heterocycles. The number of aromatic nitrogens is 2. The van der Waals surface area contributed by atoms with E-state index in [1.54, 1.807) is 11.9 Å². The van der Waals surface area contributed by atoms with Crippen molar-refractivity contribution in [1.82, 2.24) is 14.7 Å². The van der Waals surface area contributed by atoms with Gasteiger partial charge in [0.1, 0.15) is 11.4 Å². The first-order valence-corrected chi connectivity index (χ1v) is 8.01. The smallest absolute Gasteiger partial charge is 0.410 e. The van der Waals surface area contributed by atoms with Crippen LogP contribution in [0.5, 0.6) is 0 Å². The number of carbonyl (C=O) groups excluding carboxylic acids is 2. The summed E-state index contributed by atoms with van der Waals surface area (Å²) in [6.07, 6.45) is 2.45. The lowest BCUT2D eigenvalue weighted by atomic mass is 10.00. The first-order valence-electron chi connectivity index (χ1n) is 8.01. The van der Waals surface area contributed by atoms with E-state index in [1.807, 2.05) is 26.8 Å². The fraction of sp³-hybridized carbons (Fsp3) is 0.688. The molecule has 1 saturated heterocycles. The molecule has 2 rings (SSSR count). The Morgan fingerprint density at radius 3 is 2.57 bits per heavy atom. The van der Waals surface area contributed by atoms with Gasteiger partial charge in [0, 0.05) is 26.6 Å². The first kappa shape index (κ1) is 17.3. The Labute approximate surface area is 137 Å². The minimum absolute atomic E-state index is 0.161. The van der Waals surface area contributed by atoms with Gasteiger partial charge >= 0.3 is 6.09 Å². The van der Waals surface area contributed by atoms with Crippen LogP contribution in [0.1, 0.15) is 63.5 Å². The standard InChI is InChI=1S/C16H26N4O3/c1-11(21)20-14(17-5)10-12(18-20)13-8-6-7-9-19(13)15(22)23-16(2,3)4/h10,13,17H,6-9H2,1-5H3. The normalized spacial score (nSPS) is 18.7. The zero-order valence-electron chi connectivity index (χ0n) is 14.5. The molecule has 2 heterocycles. The average Bonchev–Trinajstić information content (AvgIpc) is 2.89. The number of hydrogen-bond acceptors (Lipinski definition) is 5. The van der Waals surface area contributed by atoms with Crippen LogP contribution >= 0.6 is 0 Å². The Balaban J connectivity index is 2.28. The molecule has 0 saturated carbocycles. The number of amides is 1. The molecule has 0 radical (unpaired) electrons. The van der Waals surface area contributed by atoms with Crippen LogP contribution in [0.15, 0.2) is 6.07 Å². The molecule has 1 N–H and O–H groups in total. The molecule has 7 heteroatoms. The lowest BCUT2D eigenvalue weighted by Crippen LogP contribution is -2.42. The lowest BCUT2D eigenvalue weighted by molar-refractivity contribution is 0.00897. The summed E-state index contributed by atoms with van der Waals surface area (Å²) in [5.41, 5.74) is 0.184. The van der Waals surface area contributed by atoms with E-state index in [0.29, 0.717) is 12.4 Å². The van der Waals surface area contributed by atoms with E-state index in [1.165, 1.54) is 11.6 Å². The SMILES string of the molecule is CNc1cc(C2CCCCN2C(=O)OC(C)(C)C)nn1C(C)=O. The van der Waals surface area contributed by atoms with Crippen LogP contribution in [0.2, 0.25) is 0 Å². The van der Waals surface area contributed by atoms with Crippen molar-refractivity contribution in [3.8, 4) is 0 Å². The molecule has 0 bridgehead atoms. The van der Waals surface area contributed by atoms with E-state index in [9.17, 15) is 9.59 Å². The molecule has 1 atom stereocenters. The Hall–Kier alpha value is -2.05. The minimum Gasteiger partial charge on any atom is -0.444 e. The number of hydrogen-bond donors (Lipinski definition) is 1. The van der Waals surface area contributed by atoms with Crippen LogP contribution in [0, 0.1) is 0 Å². The van der Waals surface area contributed by atoms with Gasteiger partial charge in [-0.15, -0.1) is 0 Å². The second kappa shape index (κ2) is 6.60. The Kier molecular flexibility index (Phi) is 4.97. The summed E-state index contributed by atoms with van der Waals surface area (Å²) in [7, 11) is 1.74. The van der Waals surface area contributed by atoms with Gasteiger partial charge in [-0.1, -0.05) is 0 Å². The Morgan fingerprint density at radius 1 is 1.35 bits per heavy atom. The summed E-state index contributed by atoms with van der Waals surface area (Å²) < 4.78 is 6.84. The molecular formula is C16H26N4O3. The molecule has 128 valence electrons. The topological polar surface area (TPSA) is 76.5 Å². The highest BCUT2D eigenvalue weighted by atomic mass is 16.6. The van der Waals surface area contributed by atoms with Gasteiger partial charge in [0.25, 0.3) is 0 Å². The van der Waals surface area contributed by atoms with E-state index in [-0.39, 0.29) is 18.0 Å². The number of nitrogens with one attached hydrogen (secondary N) is 1. The number of likely N-dealkylation sites (tertiary alicyclic amines) is 1. The van der Waals surface area contributed by atoms with Crippen molar-refractivity contribution >= 4 is 17.8 Å². The van der Waals surface area contributed by atoms with Crippen molar-refractivity contribution in [3.05, 3.63) is 11.8 Å². The average molecular weight is 322 g/mol. The molecular weight excluding hydrogens is 296 g/mol. The fourth-order valence-electron chi connectivity index (χ4n) is 2.76. The third kappa shape index (κ3) is 4.03. The third-order valence-corrected chi connectivity index (χ3v) is 3.75. The molecule has 1 aromatic heterocycles. The molecule has 1 aliphatic rings. The largest absolute Gasteiger partial charge is 0.444 e. The summed E-state index contributed by atoms with van der Waals surface area (Å²) in [5.74, 6) is 0.461. The fourth-order valence-corrected chi connectivity index (χ4v) is 2.76. The number of piperidine rings is 1. The van der Waals surface area contributed by atoms with Gasteiger partial charge in [0.15, 0.2) is 0 Å². The van der Waals surface area contributed by atoms with Crippen molar-refractivity contribution in [2.24, 2.45) is 0 Å². The van der Waals surface area contributed by atoms with E-state index in [4.69, 9.17) is 4.74 Å². The zero-order valence-corrected chi connectivity index (χ0v) is 14.5. The van der Waals surface area contributed by atoms with Gasteiger partial charge in [0.05, 0.1) is 11.7 Å². The van der Waals surface area contributed by atoms with Gasteiger partial charge in [-0.3, -0.25) is 9.69 Å². The van der Waals surface area contributed by atoms with Crippen LogP contribution < -0.4 is 5.32 Å². The summed E-state index contributed by atoms with van der Waals surface area (Å²) in [5, 5.41) is 7.35. The highest BCUT2D eigenvalue weighted by molar-refractivity contribution is 5.79. The highest BCUT2D eigenvalue weighted by Gasteiger charge is 2.33. The van der Waals surface area contributed by atoms with E-state index < -0.39 is 5.60 Å². The predicted molar refractivity (Wildman–Crippen MR) is 87.6 cm³/mol. The molecule has 23 heavy (non-hydrogen) atoms. The second-order valence-corrected chi connectivity index (χ2v) is 6.82. The minimum atomic E-state index is -0.534. The Bertz CT molecular complexity index is 589. The first-order chi connectivity index (χ1) is 10.7. The second-order valence-electron chi connectivity index (χ2n) is 6.82. The van der Waals surface area contributed by atoms with E-state index in [0.717, 1.165) is 25.0 Å². The van der Waals surface area contributed by atoms with Gasteiger partial charge in [-0.2, -0.15) is 9.78 Å². The molecule has 1 unspecified atom stereocenters. The maximum atomic E-state index is 12.5. The van der Waals surface area contributed by atoms with Crippen LogP contribution in [0.4, 0.5) is 10.6 Å². The molecule has 1 fully saturated rings. The van der Waals surface area contributed by atoms with Crippen LogP contribution in [-0.4, -0.2) is 45.9 Å². The van der Waals surface area contributed by atoms with Crippen LogP contribution in [0.3, 0.4) is 0 Å². The third-order valence-electron chi connectivity index (χ3n) is 3.75. The molecule has 1 amide bonds. The summed E-state index contributed by atoms with van der Waals surface area (Å²) >= 11 is 0. The number of carbonyl (C=O) groups is 2. The number of ether oxygens (including phenoxy) is 1. The molecule has 1 aromatic rings. The van der Waals surface area contributed by atoms with Crippen LogP contribution in [0.25, 0.3) is 0 Å². The van der Waals surface area contributed by atoms with Crippen LogP contribution in [-0.2, 0) is 4.74 Å². The maximum Gasteiger partial charge on any atom is 0.410 e. The zero-order chi connectivity index (χ0) is 17.2. The van der Waals surface area contributed by atoms with Crippen molar-refractivity contribution in [2.45, 2.75) is 58.6 Å². The summed E-state index contributed by atoms with van der Waals surface area (Å²) in [4.78, 5) is 25.9. The predicted octanol–water partition coefficient (Wildman–Crippen LogP) is 3.05. The summed E-state index contributed by atoms with van der Waals surface area (Å²) in [6.45, 7) is 7.67. The van der Waals surface area contributed by atoms with Crippen molar-refractivity contribution in [3.63, 3.8) is 0 Å². The molecule has 7 nitrogen and oxygen atoms in total.